The van der Waals surface area contributed by atoms with E-state index in [-0.39, 0.29) is 11.5 Å². The van der Waals surface area contributed by atoms with Crippen LogP contribution in [0, 0.1) is 0 Å². The Labute approximate surface area is 91.2 Å². The van der Waals surface area contributed by atoms with E-state index in [4.69, 9.17) is 4.18 Å². The second kappa shape index (κ2) is 5.88. The van der Waals surface area contributed by atoms with E-state index in [9.17, 15) is 8.42 Å². The van der Waals surface area contributed by atoms with Gasteiger partial charge in [-0.05, 0) is 18.6 Å². The van der Waals surface area contributed by atoms with Crippen molar-refractivity contribution in [1.82, 2.24) is 0 Å². The van der Waals surface area contributed by atoms with Gasteiger partial charge in [-0.1, -0.05) is 38.0 Å². The van der Waals surface area contributed by atoms with Gasteiger partial charge in [0.1, 0.15) is 0 Å². The summed E-state index contributed by atoms with van der Waals surface area (Å²) in [4.78, 5) is 0.224. The lowest BCUT2D eigenvalue weighted by Crippen LogP contribution is -2.07. The highest BCUT2D eigenvalue weighted by atomic mass is 32.2. The molecule has 0 atom stereocenters. The molecular weight excluding hydrogens is 212 g/mol. The van der Waals surface area contributed by atoms with Crippen molar-refractivity contribution in [3.8, 4) is 0 Å². The Morgan fingerprint density at radius 1 is 1.13 bits per heavy atom. The van der Waals surface area contributed by atoms with Gasteiger partial charge in [0.2, 0.25) is 0 Å². The van der Waals surface area contributed by atoms with E-state index < -0.39 is 10.1 Å². The van der Waals surface area contributed by atoms with Crippen LogP contribution in [0.25, 0.3) is 0 Å². The standard InChI is InChI=1S/C11H16O3S/c1-2-3-7-10-14-15(12,13)11-8-5-4-6-9-11/h4-6,8-9H,2-3,7,10H2,1H3. The zero-order valence-electron chi connectivity index (χ0n) is 8.85. The fraction of sp³-hybridized carbons (Fsp3) is 0.455. The molecule has 0 aliphatic carbocycles. The van der Waals surface area contributed by atoms with Gasteiger partial charge < -0.3 is 0 Å². The molecule has 0 bridgehead atoms. The monoisotopic (exact) mass is 228 g/mol. The average molecular weight is 228 g/mol. The Morgan fingerprint density at radius 2 is 1.80 bits per heavy atom. The molecule has 1 aromatic rings. The Kier molecular flexibility index (Phi) is 4.78. The number of benzene rings is 1. The predicted molar refractivity (Wildman–Crippen MR) is 59.1 cm³/mol. The number of hydrogen-bond acceptors (Lipinski definition) is 3. The molecule has 0 N–H and O–H groups in total. The maximum Gasteiger partial charge on any atom is 0.296 e. The smallest absolute Gasteiger partial charge is 0.266 e. The third-order valence-electron chi connectivity index (χ3n) is 2.02. The molecule has 0 amide bonds. The first-order chi connectivity index (χ1) is 7.17. The Morgan fingerprint density at radius 3 is 2.40 bits per heavy atom. The minimum atomic E-state index is -3.54. The minimum absolute atomic E-state index is 0.224. The first-order valence-corrected chi connectivity index (χ1v) is 6.52. The van der Waals surface area contributed by atoms with Crippen LogP contribution in [0.4, 0.5) is 0 Å². The van der Waals surface area contributed by atoms with Crippen LogP contribution in [0.2, 0.25) is 0 Å². The van der Waals surface area contributed by atoms with Crippen molar-refractivity contribution in [2.45, 2.75) is 31.1 Å². The zero-order valence-corrected chi connectivity index (χ0v) is 9.66. The maximum absolute atomic E-state index is 11.6. The molecule has 4 heteroatoms. The van der Waals surface area contributed by atoms with E-state index in [2.05, 4.69) is 6.92 Å². The van der Waals surface area contributed by atoms with Gasteiger partial charge in [-0.15, -0.1) is 0 Å². The summed E-state index contributed by atoms with van der Waals surface area (Å²) in [6.45, 7) is 2.33. The minimum Gasteiger partial charge on any atom is -0.266 e. The van der Waals surface area contributed by atoms with Crippen molar-refractivity contribution in [2.24, 2.45) is 0 Å². The van der Waals surface area contributed by atoms with Crippen molar-refractivity contribution in [3.63, 3.8) is 0 Å². The van der Waals surface area contributed by atoms with Gasteiger partial charge in [-0.2, -0.15) is 8.42 Å². The van der Waals surface area contributed by atoms with Crippen molar-refractivity contribution < 1.29 is 12.6 Å². The molecule has 0 aliphatic heterocycles. The molecule has 15 heavy (non-hydrogen) atoms. The molecule has 0 radical (unpaired) electrons. The maximum atomic E-state index is 11.6. The van der Waals surface area contributed by atoms with Gasteiger partial charge in [0.05, 0.1) is 11.5 Å². The third kappa shape index (κ3) is 4.01. The van der Waals surface area contributed by atoms with Gasteiger partial charge in [-0.25, -0.2) is 0 Å². The van der Waals surface area contributed by atoms with Crippen LogP contribution in [0.5, 0.6) is 0 Å². The van der Waals surface area contributed by atoms with Gasteiger partial charge in [0.25, 0.3) is 10.1 Å². The molecule has 0 saturated heterocycles. The van der Waals surface area contributed by atoms with Gasteiger partial charge in [0.15, 0.2) is 0 Å². The summed E-state index contributed by atoms with van der Waals surface area (Å²) < 4.78 is 28.0. The lowest BCUT2D eigenvalue weighted by molar-refractivity contribution is 0.308. The van der Waals surface area contributed by atoms with Gasteiger partial charge in [-0.3, -0.25) is 4.18 Å². The Hall–Kier alpha value is -0.870. The van der Waals surface area contributed by atoms with Crippen LogP contribution >= 0.6 is 0 Å². The lowest BCUT2D eigenvalue weighted by Gasteiger charge is -2.04. The third-order valence-corrected chi connectivity index (χ3v) is 3.34. The summed E-state index contributed by atoms with van der Waals surface area (Å²) in [5.41, 5.74) is 0. The summed E-state index contributed by atoms with van der Waals surface area (Å²) in [5.74, 6) is 0. The fourth-order valence-corrected chi connectivity index (χ4v) is 2.14. The molecule has 0 aromatic heterocycles. The van der Waals surface area contributed by atoms with E-state index in [0.717, 1.165) is 19.3 Å². The van der Waals surface area contributed by atoms with E-state index in [1.165, 1.54) is 12.1 Å². The van der Waals surface area contributed by atoms with Crippen molar-refractivity contribution in [2.75, 3.05) is 6.61 Å². The molecule has 0 spiro atoms. The van der Waals surface area contributed by atoms with Crippen molar-refractivity contribution in [3.05, 3.63) is 30.3 Å². The van der Waals surface area contributed by atoms with Crippen LogP contribution in [0.15, 0.2) is 35.2 Å². The number of unbranched alkanes of at least 4 members (excludes halogenated alkanes) is 2. The first kappa shape index (κ1) is 12.2. The number of hydrogen-bond donors (Lipinski definition) is 0. The van der Waals surface area contributed by atoms with E-state index in [1.807, 2.05) is 0 Å². The second-order valence-electron chi connectivity index (χ2n) is 3.30. The van der Waals surface area contributed by atoms with Crippen LogP contribution in [-0.4, -0.2) is 15.0 Å². The predicted octanol–water partition coefficient (Wildman–Crippen LogP) is 2.58. The summed E-state index contributed by atoms with van der Waals surface area (Å²) in [6.07, 6.45) is 2.82. The number of rotatable bonds is 6. The highest BCUT2D eigenvalue weighted by Crippen LogP contribution is 2.11. The molecule has 1 aromatic carbocycles. The first-order valence-electron chi connectivity index (χ1n) is 5.11. The molecule has 3 nitrogen and oxygen atoms in total. The van der Waals surface area contributed by atoms with E-state index in [1.54, 1.807) is 18.2 Å². The average Bonchev–Trinajstić information content (AvgIpc) is 2.26. The summed E-state index contributed by atoms with van der Waals surface area (Å²) in [7, 11) is -3.54. The molecule has 1 rings (SSSR count). The molecule has 0 unspecified atom stereocenters. The van der Waals surface area contributed by atoms with E-state index >= 15 is 0 Å². The molecule has 0 aliphatic rings. The van der Waals surface area contributed by atoms with Crippen LogP contribution in [0.1, 0.15) is 26.2 Å². The Balaban J connectivity index is 2.53. The highest BCUT2D eigenvalue weighted by molar-refractivity contribution is 7.86. The molecule has 0 fully saturated rings. The largest absolute Gasteiger partial charge is 0.296 e. The van der Waals surface area contributed by atoms with Gasteiger partial charge >= 0.3 is 0 Å². The topological polar surface area (TPSA) is 43.4 Å². The zero-order chi connectivity index (χ0) is 11.1. The summed E-state index contributed by atoms with van der Waals surface area (Å²) in [5, 5.41) is 0. The molecule has 84 valence electrons. The normalized spacial score (nSPS) is 11.5. The van der Waals surface area contributed by atoms with Crippen LogP contribution in [-0.2, 0) is 14.3 Å². The van der Waals surface area contributed by atoms with Crippen molar-refractivity contribution >= 4 is 10.1 Å². The molecular formula is C11H16O3S. The lowest BCUT2D eigenvalue weighted by atomic mass is 10.3. The SMILES string of the molecule is CCCCCOS(=O)(=O)c1ccccc1. The highest BCUT2D eigenvalue weighted by Gasteiger charge is 2.13. The molecule has 0 heterocycles. The van der Waals surface area contributed by atoms with Crippen LogP contribution in [0.3, 0.4) is 0 Å². The Bertz CT molecular complexity index is 370. The van der Waals surface area contributed by atoms with Crippen molar-refractivity contribution in [1.29, 1.82) is 0 Å². The fourth-order valence-electron chi connectivity index (χ4n) is 1.18. The summed E-state index contributed by atoms with van der Waals surface area (Å²) in [6, 6.07) is 8.21. The second-order valence-corrected chi connectivity index (χ2v) is 4.91. The van der Waals surface area contributed by atoms with Gasteiger partial charge in [0, 0.05) is 0 Å². The van der Waals surface area contributed by atoms with Crippen LogP contribution < -0.4 is 0 Å². The summed E-state index contributed by atoms with van der Waals surface area (Å²) >= 11 is 0. The molecule has 0 saturated carbocycles. The van der Waals surface area contributed by atoms with E-state index in [0.29, 0.717) is 0 Å². The quantitative estimate of drug-likeness (QED) is 0.555.